The SMILES string of the molecule is COC(=O)[C@H](Cn1cnc2c(N(C(=O)OC(C)(C)C)C(=O)OC(C)(C)C)ncnc21)NC(c1ccccc1)(c1ccccc1)c1ccccc1. The first-order valence-corrected chi connectivity index (χ1v) is 16.2. The summed E-state index contributed by atoms with van der Waals surface area (Å²) in [6.45, 7) is 10.1. The lowest BCUT2D eigenvalue weighted by Crippen LogP contribution is -2.54. The minimum atomic E-state index is -0.997. The number of methoxy groups -OCH3 is 1. The summed E-state index contributed by atoms with van der Waals surface area (Å²) in [6.07, 6.45) is 0.695. The quantitative estimate of drug-likeness (QED) is 0.103. The van der Waals surface area contributed by atoms with Crippen LogP contribution in [0.25, 0.3) is 11.2 Å². The zero-order valence-corrected chi connectivity index (χ0v) is 29.3. The molecule has 5 rings (SSSR count). The van der Waals surface area contributed by atoms with Crippen molar-refractivity contribution in [2.75, 3.05) is 12.0 Å². The van der Waals surface area contributed by atoms with Gasteiger partial charge < -0.3 is 18.8 Å². The molecule has 12 heteroatoms. The maximum Gasteiger partial charge on any atom is 0.425 e. The number of carbonyl (C=O) groups excluding carboxylic acids is 3. The van der Waals surface area contributed by atoms with E-state index >= 15 is 0 Å². The predicted octanol–water partition coefficient (Wildman–Crippen LogP) is 6.63. The van der Waals surface area contributed by atoms with Gasteiger partial charge in [0.25, 0.3) is 0 Å². The van der Waals surface area contributed by atoms with Gasteiger partial charge in [0.2, 0.25) is 0 Å². The first kappa shape index (κ1) is 35.7. The number of nitrogens with zero attached hydrogens (tertiary/aromatic N) is 5. The van der Waals surface area contributed by atoms with Gasteiger partial charge in [0.1, 0.15) is 23.6 Å². The molecular formula is C38H42N6O6. The second-order valence-electron chi connectivity index (χ2n) is 13.6. The molecule has 1 atom stereocenters. The van der Waals surface area contributed by atoms with E-state index in [1.165, 1.54) is 19.8 Å². The number of esters is 1. The average molecular weight is 679 g/mol. The third kappa shape index (κ3) is 7.81. The number of hydrogen-bond donors (Lipinski definition) is 1. The molecule has 2 amide bonds. The van der Waals surface area contributed by atoms with Gasteiger partial charge in [0.15, 0.2) is 17.0 Å². The van der Waals surface area contributed by atoms with Crippen molar-refractivity contribution in [3.05, 3.63) is 120 Å². The molecule has 0 radical (unpaired) electrons. The zero-order chi connectivity index (χ0) is 36.1. The lowest BCUT2D eigenvalue weighted by Gasteiger charge is -2.39. The van der Waals surface area contributed by atoms with Gasteiger partial charge in [-0.3, -0.25) is 10.1 Å². The lowest BCUT2D eigenvalue weighted by atomic mass is 9.76. The molecule has 2 aromatic heterocycles. The highest BCUT2D eigenvalue weighted by molar-refractivity contribution is 6.12. The Kier molecular flexibility index (Phi) is 10.3. The van der Waals surface area contributed by atoms with Gasteiger partial charge in [-0.1, -0.05) is 91.0 Å². The highest BCUT2D eigenvalue weighted by atomic mass is 16.6. The summed E-state index contributed by atoms with van der Waals surface area (Å²) in [6, 6.07) is 28.6. The van der Waals surface area contributed by atoms with E-state index in [2.05, 4.69) is 20.3 Å². The molecule has 2 heterocycles. The topological polar surface area (TPSA) is 138 Å². The van der Waals surface area contributed by atoms with Crippen LogP contribution in [0.5, 0.6) is 0 Å². The first-order valence-electron chi connectivity index (χ1n) is 16.2. The summed E-state index contributed by atoms with van der Waals surface area (Å²) in [5.74, 6) is -0.663. The maximum atomic E-state index is 13.7. The molecule has 0 saturated carbocycles. The minimum absolute atomic E-state index is 0.00670. The average Bonchev–Trinajstić information content (AvgIpc) is 3.49. The van der Waals surface area contributed by atoms with E-state index in [1.807, 2.05) is 91.0 Å². The van der Waals surface area contributed by atoms with Crippen LogP contribution in [0, 0.1) is 0 Å². The van der Waals surface area contributed by atoms with E-state index in [9.17, 15) is 14.4 Å². The van der Waals surface area contributed by atoms with Crippen LogP contribution in [-0.4, -0.2) is 62.0 Å². The first-order chi connectivity index (χ1) is 23.7. The number of aromatic nitrogens is 4. The van der Waals surface area contributed by atoms with Crippen LogP contribution < -0.4 is 10.2 Å². The molecule has 0 bridgehead atoms. The summed E-state index contributed by atoms with van der Waals surface area (Å²) < 4.78 is 18.1. The summed E-state index contributed by atoms with van der Waals surface area (Å²) in [4.78, 5) is 54.5. The molecule has 50 heavy (non-hydrogen) atoms. The van der Waals surface area contributed by atoms with Crippen molar-refractivity contribution >= 4 is 35.1 Å². The van der Waals surface area contributed by atoms with Crippen molar-refractivity contribution in [2.45, 2.75) is 70.9 Å². The summed E-state index contributed by atoms with van der Waals surface area (Å²) in [5.41, 5.74) is 0.227. The number of benzene rings is 3. The van der Waals surface area contributed by atoms with E-state index < -0.39 is 40.9 Å². The number of imide groups is 1. The van der Waals surface area contributed by atoms with E-state index in [1.54, 1.807) is 46.1 Å². The third-order valence-electron chi connectivity index (χ3n) is 7.62. The Morgan fingerprint density at radius 2 is 1.18 bits per heavy atom. The number of nitrogens with one attached hydrogen (secondary N) is 1. The number of carbonyl (C=O) groups is 3. The molecule has 0 fully saturated rings. The van der Waals surface area contributed by atoms with E-state index in [4.69, 9.17) is 14.2 Å². The third-order valence-corrected chi connectivity index (χ3v) is 7.62. The number of fused-ring (bicyclic) bond motifs is 1. The predicted molar refractivity (Wildman–Crippen MR) is 188 cm³/mol. The monoisotopic (exact) mass is 678 g/mol. The molecule has 0 aliphatic heterocycles. The molecule has 260 valence electrons. The fourth-order valence-electron chi connectivity index (χ4n) is 5.62. The highest BCUT2D eigenvalue weighted by Gasteiger charge is 2.41. The number of anilines is 1. The Labute approximate surface area is 291 Å². The van der Waals surface area contributed by atoms with Gasteiger partial charge in [0.05, 0.1) is 25.5 Å². The molecule has 0 unspecified atom stereocenters. The minimum Gasteiger partial charge on any atom is -0.468 e. The molecule has 1 N–H and O–H groups in total. The van der Waals surface area contributed by atoms with Crippen molar-refractivity contribution in [3.8, 4) is 0 Å². The van der Waals surface area contributed by atoms with Crippen molar-refractivity contribution in [1.29, 1.82) is 0 Å². The Morgan fingerprint density at radius 3 is 1.60 bits per heavy atom. The van der Waals surface area contributed by atoms with Crippen LogP contribution in [0.4, 0.5) is 15.4 Å². The number of ether oxygens (including phenoxy) is 3. The Balaban J connectivity index is 1.62. The summed E-state index contributed by atoms with van der Waals surface area (Å²) >= 11 is 0. The number of rotatable bonds is 9. The number of imidazole rings is 1. The lowest BCUT2D eigenvalue weighted by molar-refractivity contribution is -0.144. The summed E-state index contributed by atoms with van der Waals surface area (Å²) in [5, 5.41) is 3.67. The largest absolute Gasteiger partial charge is 0.468 e. The fourth-order valence-corrected chi connectivity index (χ4v) is 5.62. The molecule has 12 nitrogen and oxygen atoms in total. The van der Waals surface area contributed by atoms with Crippen LogP contribution in [0.2, 0.25) is 0 Å². The van der Waals surface area contributed by atoms with Gasteiger partial charge in [-0.25, -0.2) is 24.5 Å². The van der Waals surface area contributed by atoms with Gasteiger partial charge in [-0.05, 0) is 58.2 Å². The van der Waals surface area contributed by atoms with Crippen molar-refractivity contribution in [1.82, 2.24) is 24.8 Å². The highest BCUT2D eigenvalue weighted by Crippen LogP contribution is 2.37. The van der Waals surface area contributed by atoms with E-state index in [0.29, 0.717) is 4.90 Å². The fraction of sp³-hybridized carbons (Fsp3) is 0.316. The van der Waals surface area contributed by atoms with E-state index in [-0.39, 0.29) is 23.5 Å². The Bertz CT molecular complexity index is 1810. The van der Waals surface area contributed by atoms with Crippen molar-refractivity contribution < 1.29 is 28.6 Å². The van der Waals surface area contributed by atoms with E-state index in [0.717, 1.165) is 16.7 Å². The van der Waals surface area contributed by atoms with Crippen LogP contribution in [0.15, 0.2) is 104 Å². The Morgan fingerprint density at radius 1 is 0.720 bits per heavy atom. The maximum absolute atomic E-state index is 13.7. The number of amides is 2. The van der Waals surface area contributed by atoms with Crippen molar-refractivity contribution in [3.63, 3.8) is 0 Å². The van der Waals surface area contributed by atoms with Gasteiger partial charge in [-0.2, -0.15) is 4.90 Å². The molecular weight excluding hydrogens is 636 g/mol. The van der Waals surface area contributed by atoms with Crippen LogP contribution in [0.1, 0.15) is 58.2 Å². The van der Waals surface area contributed by atoms with Crippen LogP contribution in [0.3, 0.4) is 0 Å². The molecule has 5 aromatic rings. The molecule has 0 aliphatic carbocycles. The smallest absolute Gasteiger partial charge is 0.425 e. The molecule has 3 aromatic carbocycles. The zero-order valence-electron chi connectivity index (χ0n) is 29.3. The second-order valence-corrected chi connectivity index (χ2v) is 13.6. The van der Waals surface area contributed by atoms with Gasteiger partial charge in [-0.15, -0.1) is 0 Å². The number of hydrogen-bond acceptors (Lipinski definition) is 10. The molecule has 0 saturated heterocycles. The van der Waals surface area contributed by atoms with Crippen LogP contribution >= 0.6 is 0 Å². The van der Waals surface area contributed by atoms with Crippen molar-refractivity contribution in [2.24, 2.45) is 0 Å². The van der Waals surface area contributed by atoms with Crippen LogP contribution in [-0.2, 0) is 31.1 Å². The standard InChI is InChI=1S/C38H42N6O6/c1-36(2,3)49-34(46)44(35(47)50-37(4,5)6)32-30-31(39-24-40-32)43(25-41-30)23-29(33(45)48-7)42-38(26-17-11-8-12-18-26,27-19-13-9-14-20-27)28-21-15-10-16-22-28/h8-22,24-25,29,42H,23H2,1-7H3/t29-/m0/s1. The van der Waals surface area contributed by atoms with Gasteiger partial charge in [0, 0.05) is 0 Å². The Hall–Kier alpha value is -5.62. The van der Waals surface area contributed by atoms with Gasteiger partial charge >= 0.3 is 18.2 Å². The second kappa shape index (κ2) is 14.5. The normalized spacial score (nSPS) is 12.6. The summed E-state index contributed by atoms with van der Waals surface area (Å²) in [7, 11) is 1.33. The molecule has 0 aliphatic rings. The molecule has 0 spiro atoms.